The van der Waals surface area contributed by atoms with Crippen LogP contribution >= 0.6 is 11.6 Å². The number of ketones is 1. The molecule has 0 aliphatic heterocycles. The standard InChI is InChI=1S/C17H22ClNO4/c1-3-11-19(12-10-17(22)23-2)16(21)9-8-15(20)13-4-6-14(18)7-5-13/h4-7H,3,8-12H2,1-2H3. The van der Waals surface area contributed by atoms with Gasteiger partial charge in [-0.1, -0.05) is 18.5 Å². The number of Topliss-reactive ketones (excluding diaryl/α,β-unsaturated/α-hetero) is 1. The number of carbonyl (C=O) groups excluding carboxylic acids is 3. The number of benzene rings is 1. The van der Waals surface area contributed by atoms with E-state index in [9.17, 15) is 14.4 Å². The van der Waals surface area contributed by atoms with Gasteiger partial charge in [-0.3, -0.25) is 14.4 Å². The maximum atomic E-state index is 12.2. The molecular weight excluding hydrogens is 318 g/mol. The van der Waals surface area contributed by atoms with E-state index in [-0.39, 0.29) is 36.9 Å². The molecule has 0 bridgehead atoms. The number of hydrogen-bond acceptors (Lipinski definition) is 4. The number of amides is 1. The molecule has 1 aromatic rings. The first kappa shape index (κ1) is 19.2. The highest BCUT2D eigenvalue weighted by Gasteiger charge is 2.16. The SMILES string of the molecule is CCCN(CCC(=O)OC)C(=O)CCC(=O)c1ccc(Cl)cc1. The lowest BCUT2D eigenvalue weighted by atomic mass is 10.1. The molecule has 0 atom stereocenters. The molecular formula is C17H22ClNO4. The summed E-state index contributed by atoms with van der Waals surface area (Å²) in [5.74, 6) is -0.575. The van der Waals surface area contributed by atoms with Gasteiger partial charge in [-0.25, -0.2) is 0 Å². The van der Waals surface area contributed by atoms with E-state index in [0.717, 1.165) is 6.42 Å². The maximum absolute atomic E-state index is 12.2. The Bertz CT molecular complexity index is 542. The normalized spacial score (nSPS) is 10.2. The molecule has 0 spiro atoms. The summed E-state index contributed by atoms with van der Waals surface area (Å²) >= 11 is 5.78. The first-order valence-electron chi connectivity index (χ1n) is 7.61. The number of esters is 1. The lowest BCUT2D eigenvalue weighted by molar-refractivity contribution is -0.141. The topological polar surface area (TPSA) is 63.7 Å². The van der Waals surface area contributed by atoms with Crippen LogP contribution < -0.4 is 0 Å². The molecule has 0 saturated heterocycles. The Morgan fingerprint density at radius 2 is 1.70 bits per heavy atom. The fourth-order valence-electron chi connectivity index (χ4n) is 2.12. The average molecular weight is 340 g/mol. The van der Waals surface area contributed by atoms with E-state index in [4.69, 9.17) is 11.6 Å². The Morgan fingerprint density at radius 1 is 1.04 bits per heavy atom. The fraction of sp³-hybridized carbons (Fsp3) is 0.471. The van der Waals surface area contributed by atoms with E-state index in [1.165, 1.54) is 7.11 Å². The third-order valence-electron chi connectivity index (χ3n) is 3.39. The number of rotatable bonds is 9. The van der Waals surface area contributed by atoms with Crippen molar-refractivity contribution in [1.29, 1.82) is 0 Å². The highest BCUT2D eigenvalue weighted by Crippen LogP contribution is 2.12. The zero-order valence-electron chi connectivity index (χ0n) is 13.5. The Hall–Kier alpha value is -1.88. The van der Waals surface area contributed by atoms with E-state index in [1.807, 2.05) is 6.92 Å². The number of carbonyl (C=O) groups is 3. The summed E-state index contributed by atoms with van der Waals surface area (Å²) in [4.78, 5) is 37.1. The van der Waals surface area contributed by atoms with E-state index in [2.05, 4.69) is 4.74 Å². The van der Waals surface area contributed by atoms with E-state index >= 15 is 0 Å². The third kappa shape index (κ3) is 6.82. The highest BCUT2D eigenvalue weighted by atomic mass is 35.5. The molecule has 0 fully saturated rings. The van der Waals surface area contributed by atoms with Crippen LogP contribution in [0.2, 0.25) is 5.02 Å². The van der Waals surface area contributed by atoms with Gasteiger partial charge in [0, 0.05) is 36.5 Å². The second-order valence-electron chi connectivity index (χ2n) is 5.14. The van der Waals surface area contributed by atoms with Crippen LogP contribution in [0.5, 0.6) is 0 Å². The van der Waals surface area contributed by atoms with Crippen LogP contribution in [0.3, 0.4) is 0 Å². The summed E-state index contributed by atoms with van der Waals surface area (Å²) in [6.07, 6.45) is 1.22. The molecule has 0 radical (unpaired) electrons. The Labute approximate surface area is 141 Å². The molecule has 0 heterocycles. The van der Waals surface area contributed by atoms with Crippen molar-refractivity contribution in [3.8, 4) is 0 Å². The molecule has 23 heavy (non-hydrogen) atoms. The minimum Gasteiger partial charge on any atom is -0.469 e. The van der Waals surface area contributed by atoms with Crippen LogP contribution in [0.4, 0.5) is 0 Å². The summed E-state index contributed by atoms with van der Waals surface area (Å²) < 4.78 is 4.58. The quantitative estimate of drug-likeness (QED) is 0.512. The smallest absolute Gasteiger partial charge is 0.307 e. The van der Waals surface area contributed by atoms with Crippen LogP contribution in [0.25, 0.3) is 0 Å². The molecule has 0 aliphatic rings. The Kier molecular flexibility index (Phi) is 8.33. The molecule has 1 rings (SSSR count). The first-order chi connectivity index (χ1) is 11.0. The minimum absolute atomic E-state index is 0.0977. The van der Waals surface area contributed by atoms with Crippen molar-refractivity contribution in [3.05, 3.63) is 34.9 Å². The van der Waals surface area contributed by atoms with Crippen molar-refractivity contribution in [1.82, 2.24) is 4.90 Å². The molecule has 6 heteroatoms. The molecule has 126 valence electrons. The summed E-state index contributed by atoms with van der Waals surface area (Å²) in [6.45, 7) is 2.83. The minimum atomic E-state index is -0.351. The van der Waals surface area contributed by atoms with Gasteiger partial charge in [-0.15, -0.1) is 0 Å². The maximum Gasteiger partial charge on any atom is 0.307 e. The molecule has 0 aromatic heterocycles. The number of halogens is 1. The predicted octanol–water partition coefficient (Wildman–Crippen LogP) is 3.10. The molecule has 0 unspecified atom stereocenters. The van der Waals surface area contributed by atoms with Crippen molar-refractivity contribution in [2.24, 2.45) is 0 Å². The van der Waals surface area contributed by atoms with Gasteiger partial charge in [-0.05, 0) is 30.7 Å². The van der Waals surface area contributed by atoms with Gasteiger partial charge < -0.3 is 9.64 Å². The number of nitrogens with zero attached hydrogens (tertiary/aromatic N) is 1. The summed E-state index contributed by atoms with van der Waals surface area (Å²) in [5.41, 5.74) is 0.541. The number of methoxy groups -OCH3 is 1. The highest BCUT2D eigenvalue weighted by molar-refractivity contribution is 6.30. The molecule has 0 saturated carbocycles. The number of ether oxygens (including phenoxy) is 1. The van der Waals surface area contributed by atoms with Crippen molar-refractivity contribution in [2.45, 2.75) is 32.6 Å². The lowest BCUT2D eigenvalue weighted by Gasteiger charge is -2.21. The van der Waals surface area contributed by atoms with Gasteiger partial charge in [0.25, 0.3) is 0 Å². The van der Waals surface area contributed by atoms with Gasteiger partial charge in [0.15, 0.2) is 5.78 Å². The van der Waals surface area contributed by atoms with E-state index in [0.29, 0.717) is 23.7 Å². The van der Waals surface area contributed by atoms with Crippen molar-refractivity contribution >= 4 is 29.3 Å². The third-order valence-corrected chi connectivity index (χ3v) is 3.64. The first-order valence-corrected chi connectivity index (χ1v) is 7.99. The van der Waals surface area contributed by atoms with Crippen LogP contribution in [0, 0.1) is 0 Å². The van der Waals surface area contributed by atoms with Crippen LogP contribution in [-0.2, 0) is 14.3 Å². The Balaban J connectivity index is 2.52. The predicted molar refractivity (Wildman–Crippen MR) is 88.5 cm³/mol. The molecule has 1 aromatic carbocycles. The van der Waals surface area contributed by atoms with Gasteiger partial charge in [-0.2, -0.15) is 0 Å². The van der Waals surface area contributed by atoms with E-state index < -0.39 is 0 Å². The van der Waals surface area contributed by atoms with E-state index in [1.54, 1.807) is 29.2 Å². The monoisotopic (exact) mass is 339 g/mol. The van der Waals surface area contributed by atoms with Crippen molar-refractivity contribution in [2.75, 3.05) is 20.2 Å². The zero-order valence-corrected chi connectivity index (χ0v) is 14.3. The molecule has 5 nitrogen and oxygen atoms in total. The number of hydrogen-bond donors (Lipinski definition) is 0. The van der Waals surface area contributed by atoms with Gasteiger partial charge >= 0.3 is 5.97 Å². The summed E-state index contributed by atoms with van der Waals surface area (Å²) in [5, 5.41) is 0.564. The van der Waals surface area contributed by atoms with Gasteiger partial charge in [0.2, 0.25) is 5.91 Å². The largest absolute Gasteiger partial charge is 0.469 e. The van der Waals surface area contributed by atoms with Gasteiger partial charge in [0.05, 0.1) is 13.5 Å². The lowest BCUT2D eigenvalue weighted by Crippen LogP contribution is -2.34. The Morgan fingerprint density at radius 3 is 2.26 bits per heavy atom. The van der Waals surface area contributed by atoms with Crippen molar-refractivity contribution in [3.63, 3.8) is 0 Å². The van der Waals surface area contributed by atoms with Crippen LogP contribution in [0.15, 0.2) is 24.3 Å². The van der Waals surface area contributed by atoms with Crippen LogP contribution in [-0.4, -0.2) is 42.8 Å². The second-order valence-corrected chi connectivity index (χ2v) is 5.57. The molecule has 0 aliphatic carbocycles. The van der Waals surface area contributed by atoms with Gasteiger partial charge in [0.1, 0.15) is 0 Å². The summed E-state index contributed by atoms with van der Waals surface area (Å²) in [7, 11) is 1.32. The second kappa shape index (κ2) is 10.0. The zero-order chi connectivity index (χ0) is 17.2. The van der Waals surface area contributed by atoms with Crippen LogP contribution in [0.1, 0.15) is 43.0 Å². The average Bonchev–Trinajstić information content (AvgIpc) is 2.56. The molecule has 1 amide bonds. The van der Waals surface area contributed by atoms with Crippen molar-refractivity contribution < 1.29 is 19.1 Å². The summed E-state index contributed by atoms with van der Waals surface area (Å²) in [6, 6.07) is 6.60. The molecule has 0 N–H and O–H groups in total. The fourth-order valence-corrected chi connectivity index (χ4v) is 2.24.